The fourth-order valence-corrected chi connectivity index (χ4v) is 3.51. The lowest BCUT2D eigenvalue weighted by Crippen LogP contribution is -2.32. The van der Waals surface area contributed by atoms with Crippen LogP contribution in [0, 0.1) is 0 Å². The van der Waals surface area contributed by atoms with Gasteiger partial charge in [0.15, 0.2) is 5.82 Å². The lowest BCUT2D eigenvalue weighted by Gasteiger charge is -2.24. The topological polar surface area (TPSA) is 68.5 Å². The van der Waals surface area contributed by atoms with E-state index in [0.717, 1.165) is 53.5 Å². The summed E-state index contributed by atoms with van der Waals surface area (Å²) in [6.45, 7) is 2.94. The fourth-order valence-electron chi connectivity index (χ4n) is 2.71. The van der Waals surface area contributed by atoms with Gasteiger partial charge in [0.1, 0.15) is 18.0 Å². The Morgan fingerprint density at radius 2 is 2.38 bits per heavy atom. The summed E-state index contributed by atoms with van der Waals surface area (Å²) in [5.41, 5.74) is 1.00. The molecule has 7 heteroatoms. The molecule has 3 aromatic heterocycles. The second kappa shape index (κ2) is 5.07. The Morgan fingerprint density at radius 3 is 3.29 bits per heavy atom. The van der Waals surface area contributed by atoms with Gasteiger partial charge in [-0.2, -0.15) is 5.10 Å². The third-order valence-electron chi connectivity index (χ3n) is 3.80. The van der Waals surface area contributed by atoms with Crippen LogP contribution in [-0.4, -0.2) is 30.8 Å². The second-order valence-electron chi connectivity index (χ2n) is 5.22. The van der Waals surface area contributed by atoms with Crippen LogP contribution in [0.4, 0.5) is 5.82 Å². The molecule has 4 heterocycles. The fraction of sp³-hybridized carbons (Fsp3) is 0.429. The Balaban J connectivity index is 1.57. The molecular formula is C14H16N6S. The van der Waals surface area contributed by atoms with E-state index >= 15 is 0 Å². The molecule has 3 aromatic rings. The first-order valence-electron chi connectivity index (χ1n) is 7.21. The molecule has 1 N–H and O–H groups in total. The standard InChI is InChI=1S/C14H16N6S/c1-2-11-18-12-4-3-9(7-20(12)19-11)17-14-13-10(5-6-21-13)15-8-16-14/h5-6,8-9H,2-4,7H2,1H3,(H,15,16,17)/t9-/m1/s1. The minimum Gasteiger partial charge on any atom is -0.364 e. The maximum atomic E-state index is 4.55. The highest BCUT2D eigenvalue weighted by molar-refractivity contribution is 7.17. The number of hydrogen-bond acceptors (Lipinski definition) is 6. The number of anilines is 1. The number of aromatic nitrogens is 5. The maximum absolute atomic E-state index is 4.55. The number of nitrogens with zero attached hydrogens (tertiary/aromatic N) is 5. The molecule has 4 rings (SSSR count). The zero-order chi connectivity index (χ0) is 14.2. The molecule has 0 aliphatic carbocycles. The molecule has 108 valence electrons. The van der Waals surface area contributed by atoms with Crippen molar-refractivity contribution in [2.75, 3.05) is 5.32 Å². The Kier molecular flexibility index (Phi) is 3.07. The molecule has 0 saturated heterocycles. The average Bonchev–Trinajstić information content (AvgIpc) is 3.13. The molecule has 0 unspecified atom stereocenters. The molecule has 0 amide bonds. The van der Waals surface area contributed by atoms with Crippen molar-refractivity contribution in [2.45, 2.75) is 38.8 Å². The Hall–Kier alpha value is -2.02. The smallest absolute Gasteiger partial charge is 0.150 e. The van der Waals surface area contributed by atoms with Crippen LogP contribution in [0.15, 0.2) is 17.8 Å². The van der Waals surface area contributed by atoms with Crippen LogP contribution in [-0.2, 0) is 19.4 Å². The van der Waals surface area contributed by atoms with Gasteiger partial charge in [-0.3, -0.25) is 0 Å². The van der Waals surface area contributed by atoms with Gasteiger partial charge in [-0.15, -0.1) is 11.3 Å². The Labute approximate surface area is 126 Å². The van der Waals surface area contributed by atoms with Crippen LogP contribution in [0.3, 0.4) is 0 Å². The van der Waals surface area contributed by atoms with Gasteiger partial charge in [0, 0.05) is 18.9 Å². The van der Waals surface area contributed by atoms with Crippen LogP contribution in [0.25, 0.3) is 10.2 Å². The van der Waals surface area contributed by atoms with Gasteiger partial charge in [-0.1, -0.05) is 6.92 Å². The molecule has 0 fully saturated rings. The Bertz CT molecular complexity index is 777. The first kappa shape index (κ1) is 12.7. The van der Waals surface area contributed by atoms with E-state index in [2.05, 4.69) is 37.7 Å². The SMILES string of the molecule is CCc1nc2n(n1)C[C@H](Nc1ncnc3ccsc13)CC2. The summed E-state index contributed by atoms with van der Waals surface area (Å²) in [5, 5.41) is 10.1. The van der Waals surface area contributed by atoms with Gasteiger partial charge in [-0.25, -0.2) is 19.6 Å². The highest BCUT2D eigenvalue weighted by Crippen LogP contribution is 2.26. The van der Waals surface area contributed by atoms with Crippen molar-refractivity contribution >= 4 is 27.4 Å². The molecule has 1 aliphatic rings. The first-order chi connectivity index (χ1) is 10.3. The molecule has 0 radical (unpaired) electrons. The quantitative estimate of drug-likeness (QED) is 0.803. The van der Waals surface area contributed by atoms with E-state index in [0.29, 0.717) is 6.04 Å². The monoisotopic (exact) mass is 300 g/mol. The highest BCUT2D eigenvalue weighted by Gasteiger charge is 2.22. The summed E-state index contributed by atoms with van der Waals surface area (Å²) in [5.74, 6) is 2.97. The predicted octanol–water partition coefficient (Wildman–Crippen LogP) is 2.27. The predicted molar refractivity (Wildman–Crippen MR) is 82.5 cm³/mol. The van der Waals surface area contributed by atoms with Crippen molar-refractivity contribution < 1.29 is 0 Å². The maximum Gasteiger partial charge on any atom is 0.150 e. The van der Waals surface area contributed by atoms with Crippen molar-refractivity contribution in [3.63, 3.8) is 0 Å². The molecule has 6 nitrogen and oxygen atoms in total. The van der Waals surface area contributed by atoms with Crippen LogP contribution >= 0.6 is 11.3 Å². The van der Waals surface area contributed by atoms with Crippen molar-refractivity contribution in [3.8, 4) is 0 Å². The van der Waals surface area contributed by atoms with Gasteiger partial charge in [-0.05, 0) is 17.9 Å². The van der Waals surface area contributed by atoms with Crippen LogP contribution < -0.4 is 5.32 Å². The summed E-state index contributed by atoms with van der Waals surface area (Å²) < 4.78 is 3.16. The summed E-state index contributed by atoms with van der Waals surface area (Å²) >= 11 is 1.67. The molecule has 21 heavy (non-hydrogen) atoms. The van der Waals surface area contributed by atoms with Crippen LogP contribution in [0.1, 0.15) is 25.0 Å². The van der Waals surface area contributed by atoms with Gasteiger partial charge < -0.3 is 5.32 Å². The lowest BCUT2D eigenvalue weighted by molar-refractivity contribution is 0.440. The van der Waals surface area contributed by atoms with Gasteiger partial charge in [0.05, 0.1) is 16.8 Å². The number of hydrogen-bond donors (Lipinski definition) is 1. The van der Waals surface area contributed by atoms with Crippen molar-refractivity contribution in [2.24, 2.45) is 0 Å². The molecule has 1 atom stereocenters. The van der Waals surface area contributed by atoms with Crippen LogP contribution in [0.2, 0.25) is 0 Å². The number of nitrogens with one attached hydrogen (secondary N) is 1. The number of aryl methyl sites for hydroxylation is 2. The average molecular weight is 300 g/mol. The third kappa shape index (κ3) is 2.27. The minimum absolute atomic E-state index is 0.337. The summed E-state index contributed by atoms with van der Waals surface area (Å²) in [4.78, 5) is 13.2. The zero-order valence-corrected chi connectivity index (χ0v) is 12.6. The van der Waals surface area contributed by atoms with E-state index in [9.17, 15) is 0 Å². The van der Waals surface area contributed by atoms with Gasteiger partial charge in [0.2, 0.25) is 0 Å². The van der Waals surface area contributed by atoms with E-state index in [-0.39, 0.29) is 0 Å². The number of thiophene rings is 1. The molecule has 0 spiro atoms. The number of rotatable bonds is 3. The molecular weight excluding hydrogens is 284 g/mol. The normalized spacial score (nSPS) is 17.9. The first-order valence-corrected chi connectivity index (χ1v) is 8.09. The van der Waals surface area contributed by atoms with E-state index < -0.39 is 0 Å². The van der Waals surface area contributed by atoms with E-state index in [1.165, 1.54) is 0 Å². The number of fused-ring (bicyclic) bond motifs is 2. The summed E-state index contributed by atoms with van der Waals surface area (Å²) in [6.07, 6.45) is 4.53. The second-order valence-corrected chi connectivity index (χ2v) is 6.13. The van der Waals surface area contributed by atoms with Crippen LogP contribution in [0.5, 0.6) is 0 Å². The molecule has 0 aromatic carbocycles. The van der Waals surface area contributed by atoms with Gasteiger partial charge in [0.25, 0.3) is 0 Å². The minimum atomic E-state index is 0.337. The Morgan fingerprint density at radius 1 is 1.43 bits per heavy atom. The van der Waals surface area contributed by atoms with E-state index in [4.69, 9.17) is 0 Å². The van der Waals surface area contributed by atoms with Gasteiger partial charge >= 0.3 is 0 Å². The van der Waals surface area contributed by atoms with E-state index in [1.54, 1.807) is 17.7 Å². The molecule has 1 aliphatic heterocycles. The summed E-state index contributed by atoms with van der Waals surface area (Å²) in [6, 6.07) is 2.36. The van der Waals surface area contributed by atoms with Crippen molar-refractivity contribution in [1.82, 2.24) is 24.7 Å². The van der Waals surface area contributed by atoms with E-state index in [1.807, 2.05) is 10.7 Å². The largest absolute Gasteiger partial charge is 0.364 e. The van der Waals surface area contributed by atoms with Crippen molar-refractivity contribution in [3.05, 3.63) is 29.4 Å². The summed E-state index contributed by atoms with van der Waals surface area (Å²) in [7, 11) is 0. The molecule has 0 bridgehead atoms. The lowest BCUT2D eigenvalue weighted by atomic mass is 10.1. The van der Waals surface area contributed by atoms with Crippen molar-refractivity contribution in [1.29, 1.82) is 0 Å². The third-order valence-corrected chi connectivity index (χ3v) is 4.71. The molecule has 0 saturated carbocycles. The zero-order valence-electron chi connectivity index (χ0n) is 11.8. The highest BCUT2D eigenvalue weighted by atomic mass is 32.1.